The quantitative estimate of drug-likeness (QED) is 0.0661. The lowest BCUT2D eigenvalue weighted by Crippen LogP contribution is -2.37. The van der Waals surface area contributed by atoms with Gasteiger partial charge in [-0.15, -0.1) is 0 Å². The predicted molar refractivity (Wildman–Crippen MR) is 182 cm³/mol. The van der Waals surface area contributed by atoms with E-state index in [1.165, 1.54) is 0 Å². The first-order valence-corrected chi connectivity index (χ1v) is 16.8. The summed E-state index contributed by atoms with van der Waals surface area (Å²) >= 11 is 2.28. The van der Waals surface area contributed by atoms with Crippen molar-refractivity contribution in [3.05, 3.63) is 56.7 Å². The maximum Gasteiger partial charge on any atom is 0.414 e. The number of anilines is 1. The Bertz CT molecular complexity index is 1190. The number of benzene rings is 2. The van der Waals surface area contributed by atoms with Crippen LogP contribution in [0.4, 0.5) is 10.5 Å². The molecule has 9 heteroatoms. The molecular weight excluding hydrogens is 673 g/mol. The molecule has 0 saturated heterocycles. The number of halogens is 1. The van der Waals surface area contributed by atoms with Crippen LogP contribution in [0.15, 0.2) is 36.4 Å². The SMILES string of the molecule is CCOC(=O)CCCOc1cccc(CCCCCCN(C(=O)OC(C)(C)C)c2cc(C)cc(I)c2)c1CCC(=O)OCC. The van der Waals surface area contributed by atoms with Gasteiger partial charge in [0.25, 0.3) is 0 Å². The summed E-state index contributed by atoms with van der Waals surface area (Å²) in [4.78, 5) is 38.7. The van der Waals surface area contributed by atoms with E-state index in [4.69, 9.17) is 18.9 Å². The van der Waals surface area contributed by atoms with E-state index in [-0.39, 0.29) is 24.5 Å². The molecule has 44 heavy (non-hydrogen) atoms. The minimum absolute atomic E-state index is 0.227. The molecule has 0 aliphatic carbocycles. The number of unbranched alkanes of at least 4 members (excludes halogenated alkanes) is 3. The Morgan fingerprint density at radius 3 is 2.18 bits per heavy atom. The summed E-state index contributed by atoms with van der Waals surface area (Å²) in [6.45, 7) is 13.0. The van der Waals surface area contributed by atoms with Gasteiger partial charge in [-0.2, -0.15) is 0 Å². The van der Waals surface area contributed by atoms with Crippen LogP contribution in [0.3, 0.4) is 0 Å². The van der Waals surface area contributed by atoms with Crippen LogP contribution < -0.4 is 9.64 Å². The maximum absolute atomic E-state index is 13.1. The van der Waals surface area contributed by atoms with Crippen LogP contribution in [-0.4, -0.2) is 50.0 Å². The van der Waals surface area contributed by atoms with E-state index in [1.54, 1.807) is 18.7 Å². The molecule has 0 N–H and O–H groups in total. The first-order chi connectivity index (χ1) is 20.9. The van der Waals surface area contributed by atoms with Gasteiger partial charge in [0.2, 0.25) is 0 Å². The number of carbonyl (C=O) groups excluding carboxylic acids is 3. The Morgan fingerprint density at radius 1 is 0.841 bits per heavy atom. The highest BCUT2D eigenvalue weighted by atomic mass is 127. The molecule has 0 heterocycles. The molecule has 0 aliphatic rings. The second kappa shape index (κ2) is 19.5. The highest BCUT2D eigenvalue weighted by molar-refractivity contribution is 14.1. The molecule has 0 aliphatic heterocycles. The molecule has 2 aromatic rings. The summed E-state index contributed by atoms with van der Waals surface area (Å²) in [6.07, 6.45) is 5.97. The lowest BCUT2D eigenvalue weighted by molar-refractivity contribution is -0.144. The van der Waals surface area contributed by atoms with Gasteiger partial charge in [0, 0.05) is 28.6 Å². The minimum atomic E-state index is -0.573. The van der Waals surface area contributed by atoms with Gasteiger partial charge in [-0.3, -0.25) is 14.5 Å². The topological polar surface area (TPSA) is 91.4 Å². The van der Waals surface area contributed by atoms with Crippen molar-refractivity contribution in [2.45, 2.75) is 105 Å². The Balaban J connectivity index is 2.00. The second-order valence-corrected chi connectivity index (χ2v) is 13.0. The molecule has 0 aromatic heterocycles. The fourth-order valence-corrected chi connectivity index (χ4v) is 5.62. The average Bonchev–Trinajstić information content (AvgIpc) is 2.93. The van der Waals surface area contributed by atoms with E-state index in [1.807, 2.05) is 52.0 Å². The summed E-state index contributed by atoms with van der Waals surface area (Å²) < 4.78 is 23.0. The number of ether oxygens (including phenoxy) is 4. The van der Waals surface area contributed by atoms with Crippen molar-refractivity contribution < 1.29 is 33.3 Å². The molecule has 0 saturated carbocycles. The number of carbonyl (C=O) groups is 3. The van der Waals surface area contributed by atoms with Crippen molar-refractivity contribution in [1.29, 1.82) is 0 Å². The smallest absolute Gasteiger partial charge is 0.414 e. The zero-order chi connectivity index (χ0) is 32.5. The standard InChI is InChI=1S/C35H50INO7/c1-7-41-32(38)18-14-22-43-31-17-13-16-27(30(31)19-20-33(39)42-8-2)15-11-9-10-12-21-37(34(40)44-35(4,5)6)29-24-26(3)23-28(36)25-29/h13,16-17,23-25H,7-12,14-15,18-22H2,1-6H3. The van der Waals surface area contributed by atoms with E-state index in [0.29, 0.717) is 45.6 Å². The zero-order valence-corrected chi connectivity index (χ0v) is 29.5. The number of aryl methyl sites for hydroxylation is 2. The van der Waals surface area contributed by atoms with Crippen molar-refractivity contribution in [3.8, 4) is 5.75 Å². The summed E-state index contributed by atoms with van der Waals surface area (Å²) in [7, 11) is 0. The normalized spacial score (nSPS) is 11.2. The van der Waals surface area contributed by atoms with Gasteiger partial charge < -0.3 is 18.9 Å². The first-order valence-electron chi connectivity index (χ1n) is 15.8. The lowest BCUT2D eigenvalue weighted by atomic mass is 9.96. The van der Waals surface area contributed by atoms with Crippen molar-refractivity contribution >= 4 is 46.3 Å². The number of amides is 1. The Kier molecular flexibility index (Phi) is 16.6. The number of hydrogen-bond acceptors (Lipinski definition) is 7. The first kappa shape index (κ1) is 37.4. The van der Waals surface area contributed by atoms with Crippen LogP contribution in [0, 0.1) is 10.5 Å². The summed E-state index contributed by atoms with van der Waals surface area (Å²) in [5, 5.41) is 0. The maximum atomic E-state index is 13.1. The molecule has 2 aromatic carbocycles. The van der Waals surface area contributed by atoms with Crippen LogP contribution in [-0.2, 0) is 36.6 Å². The minimum Gasteiger partial charge on any atom is -0.493 e. The van der Waals surface area contributed by atoms with Gasteiger partial charge in [-0.25, -0.2) is 4.79 Å². The van der Waals surface area contributed by atoms with Crippen LogP contribution >= 0.6 is 22.6 Å². The van der Waals surface area contributed by atoms with E-state index in [0.717, 1.165) is 63.8 Å². The molecule has 0 bridgehead atoms. The molecule has 0 unspecified atom stereocenters. The van der Waals surface area contributed by atoms with E-state index < -0.39 is 5.60 Å². The monoisotopic (exact) mass is 723 g/mol. The van der Waals surface area contributed by atoms with Gasteiger partial charge in [-0.05, 0) is 137 Å². The molecule has 2 rings (SSSR count). The molecule has 8 nitrogen and oxygen atoms in total. The summed E-state index contributed by atoms with van der Waals surface area (Å²) in [5.74, 6) is 0.292. The van der Waals surface area contributed by atoms with Crippen LogP contribution in [0.1, 0.15) is 96.3 Å². The van der Waals surface area contributed by atoms with Crippen molar-refractivity contribution in [2.24, 2.45) is 0 Å². The van der Waals surface area contributed by atoms with E-state index in [2.05, 4.69) is 34.7 Å². The Labute approximate surface area is 277 Å². The van der Waals surface area contributed by atoms with Crippen molar-refractivity contribution in [2.75, 3.05) is 31.3 Å². The van der Waals surface area contributed by atoms with Crippen LogP contribution in [0.5, 0.6) is 5.75 Å². The summed E-state index contributed by atoms with van der Waals surface area (Å²) in [5.41, 5.74) is 3.55. The average molecular weight is 724 g/mol. The van der Waals surface area contributed by atoms with Crippen LogP contribution in [0.25, 0.3) is 0 Å². The molecule has 0 atom stereocenters. The third kappa shape index (κ3) is 14.3. The highest BCUT2D eigenvalue weighted by Crippen LogP contribution is 2.27. The van der Waals surface area contributed by atoms with Gasteiger partial charge in [0.1, 0.15) is 11.4 Å². The number of rotatable bonds is 18. The van der Waals surface area contributed by atoms with Crippen molar-refractivity contribution in [3.63, 3.8) is 0 Å². The lowest BCUT2D eigenvalue weighted by Gasteiger charge is -2.28. The van der Waals surface area contributed by atoms with Crippen molar-refractivity contribution in [1.82, 2.24) is 0 Å². The zero-order valence-electron chi connectivity index (χ0n) is 27.3. The third-order valence-corrected chi connectivity index (χ3v) is 7.36. The fraction of sp³-hybridized carbons (Fsp3) is 0.571. The molecular formula is C35H50INO7. The second-order valence-electron chi connectivity index (χ2n) is 11.7. The molecule has 0 fully saturated rings. The molecule has 0 spiro atoms. The Hall–Kier alpha value is -2.82. The van der Waals surface area contributed by atoms with Crippen LogP contribution in [0.2, 0.25) is 0 Å². The largest absolute Gasteiger partial charge is 0.493 e. The highest BCUT2D eigenvalue weighted by Gasteiger charge is 2.23. The number of esters is 2. The van der Waals surface area contributed by atoms with Gasteiger partial charge in [0.15, 0.2) is 0 Å². The molecule has 244 valence electrons. The fourth-order valence-electron chi connectivity index (χ4n) is 4.81. The predicted octanol–water partition coefficient (Wildman–Crippen LogP) is 8.36. The summed E-state index contributed by atoms with van der Waals surface area (Å²) in [6, 6.07) is 12.1. The van der Waals surface area contributed by atoms with E-state index >= 15 is 0 Å². The third-order valence-electron chi connectivity index (χ3n) is 6.73. The molecule has 1 amide bonds. The van der Waals surface area contributed by atoms with Gasteiger partial charge >= 0.3 is 18.0 Å². The van der Waals surface area contributed by atoms with Gasteiger partial charge in [-0.1, -0.05) is 25.0 Å². The number of hydrogen-bond donors (Lipinski definition) is 0. The van der Waals surface area contributed by atoms with E-state index in [9.17, 15) is 14.4 Å². The number of nitrogens with zero attached hydrogens (tertiary/aromatic N) is 1. The van der Waals surface area contributed by atoms with Gasteiger partial charge in [0.05, 0.1) is 19.8 Å². The Morgan fingerprint density at radius 2 is 1.52 bits per heavy atom. The molecule has 0 radical (unpaired) electrons.